The molecule has 0 bridgehead atoms. The minimum absolute atomic E-state index is 0.198. The molecule has 5 rings (SSSR count). The number of ether oxygens (including phenoxy) is 1. The first-order chi connectivity index (χ1) is 16.0. The third-order valence-electron chi connectivity index (χ3n) is 6.44. The molecule has 2 aromatic carbocycles. The van der Waals surface area contributed by atoms with E-state index in [0.717, 1.165) is 34.5 Å². The van der Waals surface area contributed by atoms with Crippen LogP contribution in [-0.4, -0.2) is 20.5 Å². The van der Waals surface area contributed by atoms with Gasteiger partial charge in [-0.05, 0) is 60.6 Å². The number of hydrogen-bond donors (Lipinski definition) is 1. The van der Waals surface area contributed by atoms with Crippen molar-refractivity contribution in [2.24, 2.45) is 0 Å². The number of benzene rings is 2. The van der Waals surface area contributed by atoms with E-state index in [1.807, 2.05) is 42.5 Å². The van der Waals surface area contributed by atoms with Crippen LogP contribution >= 0.6 is 0 Å². The molecule has 1 aliphatic carbocycles. The normalized spacial score (nSPS) is 14.5. The van der Waals surface area contributed by atoms with Gasteiger partial charge in [-0.1, -0.05) is 55.5 Å². The molecule has 1 atom stereocenters. The van der Waals surface area contributed by atoms with Gasteiger partial charge in [-0.2, -0.15) is 0 Å². The van der Waals surface area contributed by atoms with Gasteiger partial charge in [0.2, 0.25) is 0 Å². The zero-order chi connectivity index (χ0) is 22.9. The molecule has 33 heavy (non-hydrogen) atoms. The molecule has 168 valence electrons. The standard InChI is InChI=1S/C28H28N2O3/c1-3-26(21-12-14-23(24(15-21)28(31)32)19-7-5-4-6-8-19)33-17-22-13-9-18(2)27-29-25(16-30(22)27)20-10-11-20/h4-9,12-16,20,26H,3,10-11,17H2,1-2H3,(H,31,32). The number of rotatable bonds is 8. The summed E-state index contributed by atoms with van der Waals surface area (Å²) >= 11 is 0. The van der Waals surface area contributed by atoms with E-state index in [2.05, 4.69) is 36.6 Å². The molecular weight excluding hydrogens is 412 g/mol. The summed E-state index contributed by atoms with van der Waals surface area (Å²) in [5.74, 6) is -0.337. The van der Waals surface area contributed by atoms with Crippen molar-refractivity contribution in [3.05, 3.63) is 94.9 Å². The Hall–Kier alpha value is -3.44. The summed E-state index contributed by atoms with van der Waals surface area (Å²) in [6.45, 7) is 4.57. The quantitative estimate of drug-likeness (QED) is 0.337. The van der Waals surface area contributed by atoms with Crippen molar-refractivity contribution >= 4 is 11.6 Å². The summed E-state index contributed by atoms with van der Waals surface area (Å²) in [6, 6.07) is 19.4. The van der Waals surface area contributed by atoms with Crippen LogP contribution in [0.15, 0.2) is 66.9 Å². The summed E-state index contributed by atoms with van der Waals surface area (Å²) in [5, 5.41) is 9.86. The maximum Gasteiger partial charge on any atom is 0.336 e. The Balaban J connectivity index is 1.41. The highest BCUT2D eigenvalue weighted by molar-refractivity contribution is 5.96. The average Bonchev–Trinajstić information content (AvgIpc) is 3.59. The van der Waals surface area contributed by atoms with Crippen LogP contribution in [0.5, 0.6) is 0 Å². The second kappa shape index (κ2) is 8.83. The molecule has 1 aliphatic rings. The van der Waals surface area contributed by atoms with Crippen LogP contribution in [0.3, 0.4) is 0 Å². The number of carboxylic acids is 1. The molecule has 1 saturated carbocycles. The van der Waals surface area contributed by atoms with Gasteiger partial charge in [0, 0.05) is 17.8 Å². The Bertz CT molecular complexity index is 1310. The molecule has 0 amide bonds. The summed E-state index contributed by atoms with van der Waals surface area (Å²) < 4.78 is 8.49. The van der Waals surface area contributed by atoms with Crippen molar-refractivity contribution in [2.45, 2.75) is 51.7 Å². The van der Waals surface area contributed by atoms with Crippen LogP contribution in [0.25, 0.3) is 16.8 Å². The smallest absolute Gasteiger partial charge is 0.336 e. The van der Waals surface area contributed by atoms with Crippen LogP contribution < -0.4 is 0 Å². The van der Waals surface area contributed by atoms with E-state index in [1.165, 1.54) is 18.5 Å². The average molecular weight is 441 g/mol. The number of nitrogens with zero attached hydrogens (tertiary/aromatic N) is 2. The minimum atomic E-state index is -0.933. The second-order valence-electron chi connectivity index (χ2n) is 8.83. The molecule has 4 aromatic rings. The number of imidazole rings is 1. The molecule has 5 nitrogen and oxygen atoms in total. The van der Waals surface area contributed by atoms with Crippen LogP contribution in [0, 0.1) is 6.92 Å². The monoisotopic (exact) mass is 440 g/mol. The van der Waals surface area contributed by atoms with Gasteiger partial charge in [0.25, 0.3) is 0 Å². The third kappa shape index (κ3) is 4.29. The fourth-order valence-corrected chi connectivity index (χ4v) is 4.41. The Morgan fingerprint density at radius 3 is 2.64 bits per heavy atom. The molecule has 5 heteroatoms. The lowest BCUT2D eigenvalue weighted by molar-refractivity contribution is 0.0347. The second-order valence-corrected chi connectivity index (χ2v) is 8.83. The number of aromatic nitrogens is 2. The largest absolute Gasteiger partial charge is 0.478 e. The van der Waals surface area contributed by atoms with E-state index < -0.39 is 5.97 Å². The number of carboxylic acid groups (broad SMARTS) is 1. The SMILES string of the molecule is CCC(OCc1ccc(C)c2nc(C3CC3)cn12)c1ccc(-c2ccccc2)c(C(=O)O)c1. The topological polar surface area (TPSA) is 63.8 Å². The first-order valence-corrected chi connectivity index (χ1v) is 11.6. The van der Waals surface area contributed by atoms with Crippen molar-refractivity contribution in [1.29, 1.82) is 0 Å². The van der Waals surface area contributed by atoms with Crippen molar-refractivity contribution in [3.63, 3.8) is 0 Å². The predicted molar refractivity (Wildman–Crippen MR) is 129 cm³/mol. The van der Waals surface area contributed by atoms with Crippen LogP contribution in [0.1, 0.15) is 71.1 Å². The zero-order valence-electron chi connectivity index (χ0n) is 19.0. The maximum absolute atomic E-state index is 12.0. The lowest BCUT2D eigenvalue weighted by atomic mass is 9.95. The number of aromatic carboxylic acids is 1. The van der Waals surface area contributed by atoms with E-state index >= 15 is 0 Å². The number of aryl methyl sites for hydroxylation is 1. The van der Waals surface area contributed by atoms with Gasteiger partial charge in [0.05, 0.1) is 24.0 Å². The Morgan fingerprint density at radius 2 is 1.94 bits per heavy atom. The first kappa shape index (κ1) is 21.4. The van der Waals surface area contributed by atoms with E-state index in [1.54, 1.807) is 6.07 Å². The minimum Gasteiger partial charge on any atom is -0.478 e. The van der Waals surface area contributed by atoms with Crippen LogP contribution in [-0.2, 0) is 11.3 Å². The van der Waals surface area contributed by atoms with Crippen molar-refractivity contribution in [3.8, 4) is 11.1 Å². The number of pyridine rings is 1. The van der Waals surface area contributed by atoms with Gasteiger partial charge < -0.3 is 14.2 Å². The first-order valence-electron chi connectivity index (χ1n) is 11.6. The Labute approximate surface area is 193 Å². The van der Waals surface area contributed by atoms with Crippen molar-refractivity contribution in [2.75, 3.05) is 0 Å². The highest BCUT2D eigenvalue weighted by atomic mass is 16.5. The van der Waals surface area contributed by atoms with E-state index in [9.17, 15) is 9.90 Å². The van der Waals surface area contributed by atoms with Crippen LogP contribution in [0.4, 0.5) is 0 Å². The van der Waals surface area contributed by atoms with Gasteiger partial charge in [-0.3, -0.25) is 0 Å². The highest BCUT2D eigenvalue weighted by Crippen LogP contribution is 2.39. The Morgan fingerprint density at radius 1 is 1.15 bits per heavy atom. The van der Waals surface area contributed by atoms with Gasteiger partial charge in [-0.25, -0.2) is 9.78 Å². The zero-order valence-corrected chi connectivity index (χ0v) is 19.0. The number of hydrogen-bond acceptors (Lipinski definition) is 3. The Kier molecular flexibility index (Phi) is 5.73. The molecule has 0 aliphatic heterocycles. The lowest BCUT2D eigenvalue weighted by Gasteiger charge is -2.19. The third-order valence-corrected chi connectivity index (χ3v) is 6.44. The summed E-state index contributed by atoms with van der Waals surface area (Å²) in [6.07, 6.45) is 5.14. The molecule has 1 fully saturated rings. The van der Waals surface area contributed by atoms with Crippen molar-refractivity contribution in [1.82, 2.24) is 9.38 Å². The van der Waals surface area contributed by atoms with E-state index in [4.69, 9.17) is 9.72 Å². The van der Waals surface area contributed by atoms with Crippen molar-refractivity contribution < 1.29 is 14.6 Å². The van der Waals surface area contributed by atoms with E-state index in [0.29, 0.717) is 23.7 Å². The van der Waals surface area contributed by atoms with Gasteiger partial charge in [0.15, 0.2) is 0 Å². The fraction of sp³-hybridized carbons (Fsp3) is 0.286. The summed E-state index contributed by atoms with van der Waals surface area (Å²) in [5.41, 5.74) is 7.14. The summed E-state index contributed by atoms with van der Waals surface area (Å²) in [7, 11) is 0. The van der Waals surface area contributed by atoms with E-state index in [-0.39, 0.29) is 6.10 Å². The molecule has 1 unspecified atom stereocenters. The molecule has 2 heterocycles. The molecule has 0 radical (unpaired) electrons. The fourth-order valence-electron chi connectivity index (χ4n) is 4.41. The molecular formula is C28H28N2O3. The molecule has 0 saturated heterocycles. The number of carbonyl (C=O) groups is 1. The van der Waals surface area contributed by atoms with Gasteiger partial charge in [-0.15, -0.1) is 0 Å². The molecule has 2 aromatic heterocycles. The number of fused-ring (bicyclic) bond motifs is 1. The maximum atomic E-state index is 12.0. The van der Waals surface area contributed by atoms with Gasteiger partial charge >= 0.3 is 5.97 Å². The summed E-state index contributed by atoms with van der Waals surface area (Å²) in [4.78, 5) is 16.9. The lowest BCUT2D eigenvalue weighted by Crippen LogP contribution is -2.08. The highest BCUT2D eigenvalue weighted by Gasteiger charge is 2.27. The molecule has 1 N–H and O–H groups in total. The van der Waals surface area contributed by atoms with Crippen LogP contribution in [0.2, 0.25) is 0 Å². The molecule has 0 spiro atoms. The van der Waals surface area contributed by atoms with Gasteiger partial charge in [0.1, 0.15) is 5.65 Å². The predicted octanol–water partition coefficient (Wildman–Crippen LogP) is 6.55.